The molecule has 1 saturated heterocycles. The minimum Gasteiger partial charge on any atom is -0.315 e. The highest BCUT2D eigenvalue weighted by Gasteiger charge is 2.23. The summed E-state index contributed by atoms with van der Waals surface area (Å²) in [6.07, 6.45) is 1.90. The highest BCUT2D eigenvalue weighted by atomic mass is 32.2. The van der Waals surface area contributed by atoms with Gasteiger partial charge in [0.15, 0.2) is 0 Å². The number of piperidine rings is 1. The molecule has 2 N–H and O–H groups in total. The summed E-state index contributed by atoms with van der Waals surface area (Å²) >= 11 is 0. The van der Waals surface area contributed by atoms with Gasteiger partial charge in [0, 0.05) is 26.2 Å². The van der Waals surface area contributed by atoms with Crippen molar-refractivity contribution in [3.8, 4) is 0 Å². The molecule has 5 nitrogen and oxygen atoms in total. The second kappa shape index (κ2) is 6.47. The molecule has 2 rings (SSSR count). The maximum Gasteiger partial charge on any atom is 0.279 e. The quantitative estimate of drug-likeness (QED) is 0.836. The summed E-state index contributed by atoms with van der Waals surface area (Å²) in [7, 11) is -1.81. The highest BCUT2D eigenvalue weighted by molar-refractivity contribution is 7.87. The lowest BCUT2D eigenvalue weighted by molar-refractivity contribution is 0.401. The normalized spacial score (nSPS) is 20.6. The van der Waals surface area contributed by atoms with Gasteiger partial charge in [0.05, 0.1) is 0 Å². The summed E-state index contributed by atoms with van der Waals surface area (Å²) in [5, 5.41) is 3.20. The summed E-state index contributed by atoms with van der Waals surface area (Å²) in [4.78, 5) is 0. The zero-order valence-electron chi connectivity index (χ0n) is 11.2. The molecule has 1 unspecified atom stereocenters. The van der Waals surface area contributed by atoms with E-state index in [9.17, 15) is 8.42 Å². The average Bonchev–Trinajstić information content (AvgIpc) is 2.40. The second-order valence-corrected chi connectivity index (χ2v) is 6.72. The third kappa shape index (κ3) is 4.28. The van der Waals surface area contributed by atoms with Gasteiger partial charge < -0.3 is 5.32 Å². The summed E-state index contributed by atoms with van der Waals surface area (Å²) in [6, 6.07) is 9.59. The van der Waals surface area contributed by atoms with Crippen LogP contribution < -0.4 is 10.0 Å². The van der Waals surface area contributed by atoms with Gasteiger partial charge in [-0.2, -0.15) is 17.4 Å². The van der Waals surface area contributed by atoms with Crippen LogP contribution in [0.1, 0.15) is 18.4 Å². The van der Waals surface area contributed by atoms with Crippen LogP contribution in [0, 0.1) is 0 Å². The molecule has 106 valence electrons. The molecule has 19 heavy (non-hydrogen) atoms. The molecule has 0 radical (unpaired) electrons. The zero-order chi connectivity index (χ0) is 13.7. The molecule has 1 aromatic carbocycles. The number of hydrogen-bond acceptors (Lipinski definition) is 3. The molecule has 1 aliphatic heterocycles. The Morgan fingerprint density at radius 3 is 2.74 bits per heavy atom. The molecule has 0 amide bonds. The standard InChI is InChI=1S/C13H21N3O2S/c1-16(11-12-6-3-2-4-7-12)19(17,18)15-13-8-5-9-14-10-13/h2-4,6-7,13-15H,5,8-11H2,1H3. The van der Waals surface area contributed by atoms with E-state index >= 15 is 0 Å². The maximum absolute atomic E-state index is 12.2. The van der Waals surface area contributed by atoms with Crippen LogP contribution in [-0.4, -0.2) is 38.9 Å². The van der Waals surface area contributed by atoms with Gasteiger partial charge in [-0.15, -0.1) is 0 Å². The van der Waals surface area contributed by atoms with E-state index in [1.165, 1.54) is 4.31 Å². The lowest BCUT2D eigenvalue weighted by Gasteiger charge is -2.26. The van der Waals surface area contributed by atoms with Gasteiger partial charge in [-0.25, -0.2) is 0 Å². The van der Waals surface area contributed by atoms with Crippen molar-refractivity contribution >= 4 is 10.2 Å². The first kappa shape index (κ1) is 14.5. The second-order valence-electron chi connectivity index (χ2n) is 4.91. The number of rotatable bonds is 5. The van der Waals surface area contributed by atoms with Crippen molar-refractivity contribution in [1.29, 1.82) is 0 Å². The van der Waals surface area contributed by atoms with E-state index in [0.717, 1.165) is 24.9 Å². The van der Waals surface area contributed by atoms with Crippen LogP contribution in [0.15, 0.2) is 30.3 Å². The number of hydrogen-bond donors (Lipinski definition) is 2. The third-order valence-electron chi connectivity index (χ3n) is 3.27. The molecule has 6 heteroatoms. The van der Waals surface area contributed by atoms with Crippen molar-refractivity contribution in [2.24, 2.45) is 0 Å². The van der Waals surface area contributed by atoms with Crippen molar-refractivity contribution in [3.63, 3.8) is 0 Å². The van der Waals surface area contributed by atoms with Crippen LogP contribution in [0.4, 0.5) is 0 Å². The van der Waals surface area contributed by atoms with Crippen LogP contribution in [0.3, 0.4) is 0 Å². The Balaban J connectivity index is 1.94. The van der Waals surface area contributed by atoms with E-state index in [1.54, 1.807) is 7.05 Å². The van der Waals surface area contributed by atoms with E-state index in [-0.39, 0.29) is 6.04 Å². The average molecular weight is 283 g/mol. The van der Waals surface area contributed by atoms with E-state index in [4.69, 9.17) is 0 Å². The largest absolute Gasteiger partial charge is 0.315 e. The van der Waals surface area contributed by atoms with Crippen molar-refractivity contribution < 1.29 is 8.42 Å². The fourth-order valence-electron chi connectivity index (χ4n) is 2.18. The number of nitrogens with zero attached hydrogens (tertiary/aromatic N) is 1. The molecule has 0 aliphatic carbocycles. The lowest BCUT2D eigenvalue weighted by atomic mass is 10.1. The van der Waals surface area contributed by atoms with Gasteiger partial charge in [-0.1, -0.05) is 30.3 Å². The SMILES string of the molecule is CN(Cc1ccccc1)S(=O)(=O)NC1CCCNC1. The third-order valence-corrected chi connectivity index (χ3v) is 4.85. The smallest absolute Gasteiger partial charge is 0.279 e. The van der Waals surface area contributed by atoms with Gasteiger partial charge in [0.25, 0.3) is 10.2 Å². The Hall–Kier alpha value is -0.950. The molecule has 1 aromatic rings. The zero-order valence-corrected chi connectivity index (χ0v) is 12.0. The molecule has 1 atom stereocenters. The highest BCUT2D eigenvalue weighted by Crippen LogP contribution is 2.08. The Bertz CT molecular complexity index is 484. The Morgan fingerprint density at radius 1 is 1.37 bits per heavy atom. The Morgan fingerprint density at radius 2 is 2.11 bits per heavy atom. The number of benzene rings is 1. The van der Waals surface area contributed by atoms with Gasteiger partial charge in [0.1, 0.15) is 0 Å². The van der Waals surface area contributed by atoms with Gasteiger partial charge in [-0.05, 0) is 24.9 Å². The summed E-state index contributed by atoms with van der Waals surface area (Å²) < 4.78 is 28.5. The van der Waals surface area contributed by atoms with Crippen molar-refractivity contribution in [3.05, 3.63) is 35.9 Å². The summed E-state index contributed by atoms with van der Waals surface area (Å²) in [5.41, 5.74) is 0.983. The van der Waals surface area contributed by atoms with Crippen molar-refractivity contribution in [2.45, 2.75) is 25.4 Å². The molecular formula is C13H21N3O2S. The van der Waals surface area contributed by atoms with E-state index in [2.05, 4.69) is 10.0 Å². The van der Waals surface area contributed by atoms with Crippen molar-refractivity contribution in [1.82, 2.24) is 14.3 Å². The van der Waals surface area contributed by atoms with E-state index < -0.39 is 10.2 Å². The minimum atomic E-state index is -3.41. The molecule has 0 aromatic heterocycles. The molecule has 0 saturated carbocycles. The lowest BCUT2D eigenvalue weighted by Crippen LogP contribution is -2.49. The van der Waals surface area contributed by atoms with Crippen LogP contribution in [-0.2, 0) is 16.8 Å². The molecule has 0 bridgehead atoms. The monoisotopic (exact) mass is 283 g/mol. The van der Waals surface area contributed by atoms with Gasteiger partial charge in [-0.3, -0.25) is 0 Å². The topological polar surface area (TPSA) is 61.4 Å². The number of nitrogens with one attached hydrogen (secondary N) is 2. The first-order valence-electron chi connectivity index (χ1n) is 6.56. The Labute approximate surface area is 115 Å². The van der Waals surface area contributed by atoms with Crippen LogP contribution in [0.2, 0.25) is 0 Å². The predicted octanol–water partition coefficient (Wildman–Crippen LogP) is 0.705. The molecular weight excluding hydrogens is 262 g/mol. The van der Waals surface area contributed by atoms with Gasteiger partial charge >= 0.3 is 0 Å². The van der Waals surface area contributed by atoms with Crippen LogP contribution in [0.25, 0.3) is 0 Å². The fourth-order valence-corrected chi connectivity index (χ4v) is 3.30. The van der Waals surface area contributed by atoms with Crippen molar-refractivity contribution in [2.75, 3.05) is 20.1 Å². The van der Waals surface area contributed by atoms with Gasteiger partial charge in [0.2, 0.25) is 0 Å². The molecule has 1 fully saturated rings. The van der Waals surface area contributed by atoms with Crippen LogP contribution in [0.5, 0.6) is 0 Å². The molecule has 1 aliphatic rings. The van der Waals surface area contributed by atoms with E-state index in [0.29, 0.717) is 13.1 Å². The summed E-state index contributed by atoms with van der Waals surface area (Å²) in [5.74, 6) is 0. The molecule has 1 heterocycles. The first-order valence-corrected chi connectivity index (χ1v) is 8.00. The molecule has 0 spiro atoms. The minimum absolute atomic E-state index is 0.00280. The first-order chi connectivity index (χ1) is 9.08. The predicted molar refractivity (Wildman–Crippen MR) is 75.9 cm³/mol. The fraction of sp³-hybridized carbons (Fsp3) is 0.538. The van der Waals surface area contributed by atoms with E-state index in [1.807, 2.05) is 30.3 Å². The maximum atomic E-state index is 12.2. The van der Waals surface area contributed by atoms with Crippen LogP contribution >= 0.6 is 0 Å². The summed E-state index contributed by atoms with van der Waals surface area (Å²) in [6.45, 7) is 2.06. The Kier molecular flexibility index (Phi) is 4.93.